The van der Waals surface area contributed by atoms with E-state index in [9.17, 15) is 0 Å². The molecule has 0 aromatic heterocycles. The average Bonchev–Trinajstić information content (AvgIpc) is 2.29. The van der Waals surface area contributed by atoms with Gasteiger partial charge in [-0.3, -0.25) is 4.90 Å². The lowest BCUT2D eigenvalue weighted by Gasteiger charge is -2.21. The molecule has 0 aliphatic carbocycles. The Bertz CT molecular complexity index is 310. The van der Waals surface area contributed by atoms with Gasteiger partial charge in [0.05, 0.1) is 0 Å². The summed E-state index contributed by atoms with van der Waals surface area (Å²) in [5, 5.41) is 0. The molecule has 1 aromatic carbocycles. The first-order valence-electron chi connectivity index (χ1n) is 6.83. The molecule has 0 spiro atoms. The zero-order valence-electron chi connectivity index (χ0n) is 11.3. The molecule has 0 aliphatic heterocycles. The number of hydrogen-bond donors (Lipinski definition) is 1. The molecule has 0 saturated heterocycles. The van der Waals surface area contributed by atoms with E-state index in [0.717, 1.165) is 12.2 Å². The molecule has 2 N–H and O–H groups in total. The zero-order chi connectivity index (χ0) is 12.5. The Morgan fingerprint density at radius 1 is 1.06 bits per heavy atom. The van der Waals surface area contributed by atoms with Gasteiger partial charge in [-0.25, -0.2) is 0 Å². The Morgan fingerprint density at radius 3 is 2.53 bits per heavy atom. The maximum absolute atomic E-state index is 5.81. The first-order chi connectivity index (χ1) is 8.26. The van der Waals surface area contributed by atoms with E-state index in [1.165, 1.54) is 44.3 Å². The Kier molecular flexibility index (Phi) is 6.71. The van der Waals surface area contributed by atoms with Crippen molar-refractivity contribution < 1.29 is 0 Å². The Morgan fingerprint density at radius 2 is 1.88 bits per heavy atom. The first-order valence-corrected chi connectivity index (χ1v) is 6.83. The van der Waals surface area contributed by atoms with E-state index in [2.05, 4.69) is 30.9 Å². The molecule has 1 aromatic rings. The summed E-state index contributed by atoms with van der Waals surface area (Å²) < 4.78 is 0. The van der Waals surface area contributed by atoms with Crippen molar-refractivity contribution in [3.8, 4) is 0 Å². The second kappa shape index (κ2) is 8.13. The van der Waals surface area contributed by atoms with Crippen molar-refractivity contribution in [1.29, 1.82) is 0 Å². The molecule has 0 aliphatic rings. The van der Waals surface area contributed by atoms with Gasteiger partial charge in [-0.1, -0.05) is 38.8 Å². The van der Waals surface area contributed by atoms with Gasteiger partial charge in [0.1, 0.15) is 0 Å². The first kappa shape index (κ1) is 14.0. The van der Waals surface area contributed by atoms with Crippen LogP contribution in [0.2, 0.25) is 0 Å². The van der Waals surface area contributed by atoms with E-state index in [4.69, 9.17) is 5.73 Å². The highest BCUT2D eigenvalue weighted by Gasteiger charge is 2.04. The largest absolute Gasteiger partial charge is 0.399 e. The van der Waals surface area contributed by atoms with E-state index in [-0.39, 0.29) is 0 Å². The topological polar surface area (TPSA) is 29.3 Å². The van der Waals surface area contributed by atoms with Crippen molar-refractivity contribution in [2.24, 2.45) is 0 Å². The van der Waals surface area contributed by atoms with Crippen molar-refractivity contribution in [2.75, 3.05) is 18.8 Å². The molecule has 1 rings (SSSR count). The number of unbranched alkanes of at least 4 members (excludes halogenated alkanes) is 2. The van der Waals surface area contributed by atoms with E-state index < -0.39 is 0 Å². The molecule has 0 bridgehead atoms. The molecule has 0 radical (unpaired) electrons. The van der Waals surface area contributed by atoms with Crippen LogP contribution in [0, 0.1) is 0 Å². The molecule has 0 amide bonds. The Balaban J connectivity index is 2.47. The van der Waals surface area contributed by atoms with Crippen LogP contribution in [0.5, 0.6) is 0 Å². The number of benzene rings is 1. The van der Waals surface area contributed by atoms with Crippen LogP contribution in [0.4, 0.5) is 5.69 Å². The van der Waals surface area contributed by atoms with E-state index in [1.54, 1.807) is 0 Å². The number of rotatable bonds is 8. The predicted octanol–water partition coefficient (Wildman–Crippen LogP) is 3.67. The second-order valence-corrected chi connectivity index (χ2v) is 4.73. The fraction of sp³-hybridized carbons (Fsp3) is 0.600. The van der Waals surface area contributed by atoms with E-state index in [1.807, 2.05) is 12.1 Å². The summed E-state index contributed by atoms with van der Waals surface area (Å²) in [6, 6.07) is 8.24. The van der Waals surface area contributed by atoms with Crippen molar-refractivity contribution in [1.82, 2.24) is 4.90 Å². The number of nitrogens with two attached hydrogens (primary N) is 1. The quantitative estimate of drug-likeness (QED) is 0.549. The summed E-state index contributed by atoms with van der Waals surface area (Å²) in [7, 11) is 0. The molecule has 0 saturated carbocycles. The second-order valence-electron chi connectivity index (χ2n) is 4.73. The van der Waals surface area contributed by atoms with Crippen LogP contribution in [0.1, 0.15) is 45.1 Å². The van der Waals surface area contributed by atoms with Gasteiger partial charge in [0.25, 0.3) is 0 Å². The van der Waals surface area contributed by atoms with Crippen LogP contribution in [0.15, 0.2) is 24.3 Å². The molecule has 0 fully saturated rings. The number of nitrogen functional groups attached to an aromatic ring is 1. The van der Waals surface area contributed by atoms with Crippen molar-refractivity contribution in [2.45, 2.75) is 46.1 Å². The maximum Gasteiger partial charge on any atom is 0.0317 e. The summed E-state index contributed by atoms with van der Waals surface area (Å²) in [5.41, 5.74) is 8.01. The lowest BCUT2D eigenvalue weighted by molar-refractivity contribution is 0.260. The van der Waals surface area contributed by atoms with Crippen LogP contribution in [-0.2, 0) is 6.54 Å². The Hall–Kier alpha value is -1.02. The maximum atomic E-state index is 5.81. The minimum atomic E-state index is 0.868. The highest BCUT2D eigenvalue weighted by Crippen LogP contribution is 2.11. The van der Waals surface area contributed by atoms with Gasteiger partial charge in [0.2, 0.25) is 0 Å². The summed E-state index contributed by atoms with van der Waals surface area (Å²) in [5.74, 6) is 0. The Labute approximate surface area is 106 Å². The summed E-state index contributed by atoms with van der Waals surface area (Å²) in [6.07, 6.45) is 5.14. The third-order valence-electron chi connectivity index (χ3n) is 2.97. The van der Waals surface area contributed by atoms with Crippen molar-refractivity contribution in [3.05, 3.63) is 29.8 Å². The molecular weight excluding hydrogens is 208 g/mol. The molecule has 0 heterocycles. The van der Waals surface area contributed by atoms with Crippen molar-refractivity contribution in [3.63, 3.8) is 0 Å². The van der Waals surface area contributed by atoms with E-state index in [0.29, 0.717) is 0 Å². The van der Waals surface area contributed by atoms with Crippen molar-refractivity contribution >= 4 is 5.69 Å². The number of nitrogens with zero attached hydrogens (tertiary/aromatic N) is 1. The summed E-state index contributed by atoms with van der Waals surface area (Å²) in [4.78, 5) is 2.53. The highest BCUT2D eigenvalue weighted by atomic mass is 15.1. The van der Waals surface area contributed by atoms with Crippen LogP contribution in [0.25, 0.3) is 0 Å². The molecule has 0 atom stereocenters. The standard InChI is InChI=1S/C15H26N2/c1-3-5-6-11-17(10-4-2)13-14-8-7-9-15(16)12-14/h7-9,12H,3-6,10-11,13,16H2,1-2H3. The highest BCUT2D eigenvalue weighted by molar-refractivity contribution is 5.40. The van der Waals surface area contributed by atoms with Gasteiger partial charge in [-0.05, 0) is 43.6 Å². The predicted molar refractivity (Wildman–Crippen MR) is 75.9 cm³/mol. The normalized spacial score (nSPS) is 11.0. The molecule has 17 heavy (non-hydrogen) atoms. The van der Waals surface area contributed by atoms with Gasteiger partial charge < -0.3 is 5.73 Å². The molecule has 2 nitrogen and oxygen atoms in total. The van der Waals surface area contributed by atoms with Crippen LogP contribution in [0.3, 0.4) is 0 Å². The zero-order valence-corrected chi connectivity index (χ0v) is 11.3. The smallest absolute Gasteiger partial charge is 0.0317 e. The van der Waals surface area contributed by atoms with Crippen LogP contribution in [-0.4, -0.2) is 18.0 Å². The lowest BCUT2D eigenvalue weighted by Crippen LogP contribution is -2.25. The summed E-state index contributed by atoms with van der Waals surface area (Å²) in [6.45, 7) is 7.91. The average molecular weight is 234 g/mol. The van der Waals surface area contributed by atoms with E-state index >= 15 is 0 Å². The van der Waals surface area contributed by atoms with Gasteiger partial charge in [-0.2, -0.15) is 0 Å². The third-order valence-corrected chi connectivity index (χ3v) is 2.97. The molecule has 96 valence electrons. The van der Waals surface area contributed by atoms with Gasteiger partial charge >= 0.3 is 0 Å². The monoisotopic (exact) mass is 234 g/mol. The van der Waals surface area contributed by atoms with Gasteiger partial charge in [0.15, 0.2) is 0 Å². The fourth-order valence-corrected chi connectivity index (χ4v) is 2.12. The minimum absolute atomic E-state index is 0.868. The SMILES string of the molecule is CCCCCN(CCC)Cc1cccc(N)c1. The van der Waals surface area contributed by atoms with Gasteiger partial charge in [-0.15, -0.1) is 0 Å². The number of hydrogen-bond acceptors (Lipinski definition) is 2. The van der Waals surface area contributed by atoms with Crippen LogP contribution < -0.4 is 5.73 Å². The third kappa shape index (κ3) is 5.73. The fourth-order valence-electron chi connectivity index (χ4n) is 2.12. The minimum Gasteiger partial charge on any atom is -0.399 e. The molecular formula is C15H26N2. The van der Waals surface area contributed by atoms with Gasteiger partial charge in [0, 0.05) is 12.2 Å². The molecule has 0 unspecified atom stereocenters. The number of anilines is 1. The lowest BCUT2D eigenvalue weighted by atomic mass is 10.1. The van der Waals surface area contributed by atoms with Crippen LogP contribution >= 0.6 is 0 Å². The molecule has 2 heteroatoms. The summed E-state index contributed by atoms with van der Waals surface area (Å²) >= 11 is 0.